The molecule has 1 amide bonds. The summed E-state index contributed by atoms with van der Waals surface area (Å²) in [5.41, 5.74) is 0.909. The first kappa shape index (κ1) is 20.8. The Morgan fingerprint density at radius 3 is 2.57 bits per heavy atom. The lowest BCUT2D eigenvalue weighted by atomic mass is 10.1. The number of carbonyl (C=O) groups excluding carboxylic acids is 1. The van der Waals surface area contributed by atoms with Crippen molar-refractivity contribution in [3.63, 3.8) is 0 Å². The fourth-order valence-corrected chi connectivity index (χ4v) is 3.12. The van der Waals surface area contributed by atoms with Gasteiger partial charge in [-0.15, -0.1) is 0 Å². The molecule has 3 aromatic rings. The third-order valence-corrected chi connectivity index (χ3v) is 4.71. The number of methoxy groups -OCH3 is 1. The number of rotatable bonds is 6. The minimum absolute atomic E-state index is 0.0562. The summed E-state index contributed by atoms with van der Waals surface area (Å²) in [6, 6.07) is 16.1. The summed E-state index contributed by atoms with van der Waals surface area (Å²) in [4.78, 5) is 22.8. The van der Waals surface area contributed by atoms with E-state index in [9.17, 15) is 20.2 Å². The summed E-state index contributed by atoms with van der Waals surface area (Å²) in [5, 5.41) is 22.9. The predicted octanol–water partition coefficient (Wildman–Crippen LogP) is 5.17. The minimum Gasteiger partial charge on any atom is -0.497 e. The number of benzene rings is 2. The number of halogens is 1. The first-order valence-electron chi connectivity index (χ1n) is 8.52. The van der Waals surface area contributed by atoms with Gasteiger partial charge in [-0.25, -0.2) is 0 Å². The highest BCUT2D eigenvalue weighted by atomic mass is 79.9. The summed E-state index contributed by atoms with van der Waals surface area (Å²) in [6.45, 7) is 0. The second-order valence-electron chi connectivity index (χ2n) is 5.98. The van der Waals surface area contributed by atoms with E-state index in [1.165, 1.54) is 25.3 Å². The van der Waals surface area contributed by atoms with Crippen LogP contribution in [0.2, 0.25) is 0 Å². The van der Waals surface area contributed by atoms with E-state index in [0.29, 0.717) is 27.2 Å². The topological polar surface area (TPSA) is 118 Å². The second kappa shape index (κ2) is 9.07. The van der Waals surface area contributed by atoms with Crippen LogP contribution in [0.5, 0.6) is 5.75 Å². The smallest absolute Gasteiger partial charge is 0.270 e. The number of nitro groups is 1. The van der Waals surface area contributed by atoms with Crippen LogP contribution >= 0.6 is 15.9 Å². The Morgan fingerprint density at radius 2 is 1.97 bits per heavy atom. The lowest BCUT2D eigenvalue weighted by Crippen LogP contribution is -2.13. The normalized spacial score (nSPS) is 10.9. The number of nitriles is 1. The molecule has 0 aliphatic heterocycles. The average molecular weight is 468 g/mol. The molecule has 1 N–H and O–H groups in total. The average Bonchev–Trinajstić information content (AvgIpc) is 3.20. The Bertz CT molecular complexity index is 1180. The molecule has 9 heteroatoms. The summed E-state index contributed by atoms with van der Waals surface area (Å²) < 4.78 is 11.2. The lowest BCUT2D eigenvalue weighted by Gasteiger charge is -2.05. The Kier molecular flexibility index (Phi) is 6.29. The van der Waals surface area contributed by atoms with E-state index in [-0.39, 0.29) is 17.0 Å². The molecule has 0 unspecified atom stereocenters. The highest BCUT2D eigenvalue weighted by molar-refractivity contribution is 9.10. The van der Waals surface area contributed by atoms with Crippen molar-refractivity contribution in [3.8, 4) is 23.1 Å². The van der Waals surface area contributed by atoms with E-state index < -0.39 is 10.8 Å². The van der Waals surface area contributed by atoms with Crippen LogP contribution in [0.25, 0.3) is 17.4 Å². The van der Waals surface area contributed by atoms with E-state index in [4.69, 9.17) is 9.15 Å². The molecule has 0 radical (unpaired) electrons. The van der Waals surface area contributed by atoms with E-state index in [2.05, 4.69) is 21.2 Å². The van der Waals surface area contributed by atoms with Gasteiger partial charge in [0, 0.05) is 33.9 Å². The quantitative estimate of drug-likeness (QED) is 0.231. The number of nitrogens with one attached hydrogen (secondary N) is 1. The summed E-state index contributed by atoms with van der Waals surface area (Å²) in [5.74, 6) is 0.772. The number of nitrogens with zero attached hydrogens (tertiary/aromatic N) is 2. The molecule has 30 heavy (non-hydrogen) atoms. The standard InChI is InChI=1S/C21H14BrN3O5/c1-29-16-5-2-14(3-6-16)24-21(26)13(12-23)10-17-7-9-20(30-17)18-8-4-15(25(27)28)11-19(18)22/h2-11H,1H3,(H,24,26). The van der Waals surface area contributed by atoms with Crippen molar-refractivity contribution in [3.05, 3.63) is 80.5 Å². The zero-order valence-electron chi connectivity index (χ0n) is 15.6. The molecule has 3 rings (SSSR count). The molecule has 0 aliphatic rings. The molecular formula is C21H14BrN3O5. The van der Waals surface area contributed by atoms with Crippen molar-refractivity contribution >= 4 is 39.3 Å². The maximum atomic E-state index is 12.4. The van der Waals surface area contributed by atoms with Crippen LogP contribution < -0.4 is 10.1 Å². The molecule has 0 bridgehead atoms. The minimum atomic E-state index is -0.586. The highest BCUT2D eigenvalue weighted by Gasteiger charge is 2.15. The van der Waals surface area contributed by atoms with Gasteiger partial charge in [0.1, 0.15) is 28.9 Å². The van der Waals surface area contributed by atoms with Crippen LogP contribution in [0.4, 0.5) is 11.4 Å². The summed E-state index contributed by atoms with van der Waals surface area (Å²) in [7, 11) is 1.54. The Balaban J connectivity index is 1.80. The molecular weight excluding hydrogens is 454 g/mol. The molecule has 0 fully saturated rings. The Hall–Kier alpha value is -3.90. The van der Waals surface area contributed by atoms with Crippen LogP contribution in [0, 0.1) is 21.4 Å². The van der Waals surface area contributed by atoms with Crippen LogP contribution in [0.1, 0.15) is 5.76 Å². The largest absolute Gasteiger partial charge is 0.497 e. The van der Waals surface area contributed by atoms with Gasteiger partial charge in [0.2, 0.25) is 0 Å². The first-order chi connectivity index (χ1) is 14.4. The zero-order chi connectivity index (χ0) is 21.7. The number of carbonyl (C=O) groups is 1. The van der Waals surface area contributed by atoms with Crippen molar-refractivity contribution in [2.75, 3.05) is 12.4 Å². The molecule has 0 spiro atoms. The predicted molar refractivity (Wildman–Crippen MR) is 114 cm³/mol. The van der Waals surface area contributed by atoms with Crippen LogP contribution in [-0.4, -0.2) is 17.9 Å². The third-order valence-electron chi connectivity index (χ3n) is 4.06. The molecule has 2 aromatic carbocycles. The van der Waals surface area contributed by atoms with E-state index in [1.807, 2.05) is 6.07 Å². The molecule has 8 nitrogen and oxygen atoms in total. The summed E-state index contributed by atoms with van der Waals surface area (Å²) in [6.07, 6.45) is 1.32. The van der Waals surface area contributed by atoms with E-state index in [0.717, 1.165) is 0 Å². The molecule has 0 atom stereocenters. The summed E-state index contributed by atoms with van der Waals surface area (Å²) >= 11 is 3.29. The number of non-ortho nitro benzene ring substituents is 1. The third kappa shape index (κ3) is 4.74. The maximum Gasteiger partial charge on any atom is 0.270 e. The van der Waals surface area contributed by atoms with Gasteiger partial charge < -0.3 is 14.5 Å². The Labute approximate surface area is 179 Å². The number of nitro benzene ring substituents is 1. The van der Waals surface area contributed by atoms with Gasteiger partial charge in [0.25, 0.3) is 11.6 Å². The van der Waals surface area contributed by atoms with Gasteiger partial charge in [-0.1, -0.05) is 0 Å². The fraction of sp³-hybridized carbons (Fsp3) is 0.0476. The van der Waals surface area contributed by atoms with Crippen LogP contribution in [-0.2, 0) is 4.79 Å². The number of ether oxygens (including phenoxy) is 1. The van der Waals surface area contributed by atoms with E-state index in [1.54, 1.807) is 42.5 Å². The number of amides is 1. The number of furan rings is 1. The molecule has 0 saturated heterocycles. The van der Waals surface area contributed by atoms with Gasteiger partial charge in [-0.05, 0) is 58.4 Å². The zero-order valence-corrected chi connectivity index (χ0v) is 17.2. The van der Waals surface area contributed by atoms with Crippen molar-refractivity contribution in [1.82, 2.24) is 0 Å². The van der Waals surface area contributed by atoms with Crippen molar-refractivity contribution in [2.45, 2.75) is 0 Å². The monoisotopic (exact) mass is 467 g/mol. The van der Waals surface area contributed by atoms with E-state index >= 15 is 0 Å². The number of hydrogen-bond donors (Lipinski definition) is 1. The van der Waals surface area contributed by atoms with Gasteiger partial charge in [-0.2, -0.15) is 5.26 Å². The van der Waals surface area contributed by atoms with Crippen molar-refractivity contribution < 1.29 is 18.9 Å². The molecule has 150 valence electrons. The van der Waals surface area contributed by atoms with Crippen molar-refractivity contribution in [2.24, 2.45) is 0 Å². The lowest BCUT2D eigenvalue weighted by molar-refractivity contribution is -0.384. The second-order valence-corrected chi connectivity index (χ2v) is 6.83. The molecule has 0 saturated carbocycles. The SMILES string of the molecule is COc1ccc(NC(=O)C(C#N)=Cc2ccc(-c3ccc([N+](=O)[O-])cc3Br)o2)cc1. The molecule has 1 aromatic heterocycles. The van der Waals surface area contributed by atoms with Gasteiger partial charge in [0.05, 0.1) is 12.0 Å². The van der Waals surface area contributed by atoms with Gasteiger partial charge in [0.15, 0.2) is 0 Å². The van der Waals surface area contributed by atoms with Crippen molar-refractivity contribution in [1.29, 1.82) is 5.26 Å². The number of hydrogen-bond acceptors (Lipinski definition) is 6. The van der Waals surface area contributed by atoms with Gasteiger partial charge >= 0.3 is 0 Å². The molecule has 0 aliphatic carbocycles. The Morgan fingerprint density at radius 1 is 1.23 bits per heavy atom. The van der Waals surface area contributed by atoms with Gasteiger partial charge in [-0.3, -0.25) is 14.9 Å². The highest BCUT2D eigenvalue weighted by Crippen LogP contribution is 2.33. The first-order valence-corrected chi connectivity index (χ1v) is 9.32. The van der Waals surface area contributed by atoms with Crippen LogP contribution in [0.3, 0.4) is 0 Å². The van der Waals surface area contributed by atoms with Crippen LogP contribution in [0.15, 0.2) is 69.1 Å². The maximum absolute atomic E-state index is 12.4. The number of anilines is 1. The molecule has 1 heterocycles. The fourth-order valence-electron chi connectivity index (χ4n) is 2.56.